The lowest BCUT2D eigenvalue weighted by Gasteiger charge is -1.65. The van der Waals surface area contributed by atoms with Crippen LogP contribution in [0.1, 0.15) is 40.5 Å². The number of allylic oxidation sites excluding steroid dienone is 2. The first kappa shape index (κ1) is 10.7. The highest BCUT2D eigenvalue weighted by molar-refractivity contribution is 4.73. The van der Waals surface area contributed by atoms with Crippen molar-refractivity contribution < 1.29 is 0 Å². The molecule has 0 aromatic carbocycles. The fraction of sp³-hybridized carbons (Fsp3) is 0.750. The fourth-order valence-corrected chi connectivity index (χ4v) is 0.236. The zero-order valence-electron chi connectivity index (χ0n) is 6.57. The third-order valence-electron chi connectivity index (χ3n) is 0.471. The Morgan fingerprint density at radius 2 is 1.50 bits per heavy atom. The topological polar surface area (TPSA) is 0 Å². The molecule has 0 spiro atoms. The third kappa shape index (κ3) is 42.6. The van der Waals surface area contributed by atoms with Crippen molar-refractivity contribution >= 4 is 0 Å². The molecule has 0 fully saturated rings. The van der Waals surface area contributed by atoms with Crippen LogP contribution in [0.4, 0.5) is 0 Å². The lowest BCUT2D eigenvalue weighted by Crippen LogP contribution is -1.43. The molecule has 0 saturated carbocycles. The Labute approximate surface area is 53.6 Å². The third-order valence-corrected chi connectivity index (χ3v) is 0.471. The molecule has 0 amide bonds. The lowest BCUT2D eigenvalue weighted by molar-refractivity contribution is 1.09. The first-order chi connectivity index (χ1) is 3.83. The molecule has 0 aliphatic rings. The van der Waals surface area contributed by atoms with Gasteiger partial charge in [0, 0.05) is 0 Å². The van der Waals surface area contributed by atoms with Crippen LogP contribution < -0.4 is 0 Å². The molecule has 0 unspecified atom stereocenters. The molecule has 0 aliphatic carbocycles. The number of hydrogen-bond acceptors (Lipinski definition) is 0. The minimum absolute atomic E-state index is 1.16. The molecule has 0 aliphatic heterocycles. The SMILES string of the molecule is CC=CCC.CCC. The van der Waals surface area contributed by atoms with E-state index in [-0.39, 0.29) is 0 Å². The van der Waals surface area contributed by atoms with Crippen LogP contribution in [0.2, 0.25) is 0 Å². The van der Waals surface area contributed by atoms with Crippen LogP contribution >= 0.6 is 0 Å². The van der Waals surface area contributed by atoms with Gasteiger partial charge in [0.2, 0.25) is 0 Å². The molecule has 50 valence electrons. The molecule has 0 aromatic heterocycles. The van der Waals surface area contributed by atoms with Crippen LogP contribution in [0.25, 0.3) is 0 Å². The largest absolute Gasteiger partial charge is 0.0917 e. The molecule has 0 nitrogen and oxygen atoms in total. The van der Waals surface area contributed by atoms with Crippen LogP contribution in [-0.4, -0.2) is 0 Å². The summed E-state index contributed by atoms with van der Waals surface area (Å²) in [5.41, 5.74) is 0. The van der Waals surface area contributed by atoms with Gasteiger partial charge in [-0.25, -0.2) is 0 Å². The summed E-state index contributed by atoms with van der Waals surface area (Å²) in [5, 5.41) is 0. The molecule has 0 heterocycles. The molecule has 0 aromatic rings. The quantitative estimate of drug-likeness (QED) is 0.458. The maximum Gasteiger partial charge on any atom is -0.0379 e. The van der Waals surface area contributed by atoms with Crippen molar-refractivity contribution in [3.05, 3.63) is 12.2 Å². The summed E-state index contributed by atoms with van der Waals surface area (Å²) in [6.07, 6.45) is 6.59. The lowest BCUT2D eigenvalue weighted by atomic mass is 10.4. The fourth-order valence-electron chi connectivity index (χ4n) is 0.236. The van der Waals surface area contributed by atoms with Gasteiger partial charge in [-0.3, -0.25) is 0 Å². The van der Waals surface area contributed by atoms with Crippen molar-refractivity contribution in [3.63, 3.8) is 0 Å². The summed E-state index contributed by atoms with van der Waals surface area (Å²) in [7, 11) is 0. The van der Waals surface area contributed by atoms with Crippen LogP contribution in [0.15, 0.2) is 12.2 Å². The Morgan fingerprint density at radius 1 is 1.12 bits per heavy atom. The van der Waals surface area contributed by atoms with E-state index in [2.05, 4.69) is 32.9 Å². The molecular formula is C8H18. The second-order valence-electron chi connectivity index (χ2n) is 1.68. The highest BCUT2D eigenvalue weighted by atomic mass is 13.6. The zero-order valence-corrected chi connectivity index (χ0v) is 6.57. The smallest absolute Gasteiger partial charge is 0.0379 e. The number of rotatable bonds is 1. The molecule has 0 bridgehead atoms. The Kier molecular flexibility index (Phi) is 21.2. The second kappa shape index (κ2) is 15.9. The minimum atomic E-state index is 1.16. The van der Waals surface area contributed by atoms with Crippen molar-refractivity contribution in [2.75, 3.05) is 0 Å². The summed E-state index contributed by atoms with van der Waals surface area (Å²) < 4.78 is 0. The van der Waals surface area contributed by atoms with Gasteiger partial charge in [0.15, 0.2) is 0 Å². The van der Waals surface area contributed by atoms with Gasteiger partial charge in [0.25, 0.3) is 0 Å². The van der Waals surface area contributed by atoms with Gasteiger partial charge in [-0.2, -0.15) is 0 Å². The van der Waals surface area contributed by atoms with Gasteiger partial charge < -0.3 is 0 Å². The Balaban J connectivity index is 0. The standard InChI is InChI=1S/C5H10.C3H8/c1-3-5-4-2;1-3-2/h3,5H,4H2,1-2H3;3H2,1-2H3. The van der Waals surface area contributed by atoms with Gasteiger partial charge in [0.05, 0.1) is 0 Å². The van der Waals surface area contributed by atoms with Crippen LogP contribution in [0.3, 0.4) is 0 Å². The van der Waals surface area contributed by atoms with E-state index in [0.717, 1.165) is 6.42 Å². The highest BCUT2D eigenvalue weighted by Crippen LogP contribution is 1.73. The van der Waals surface area contributed by atoms with Crippen LogP contribution in [0, 0.1) is 0 Å². The molecule has 0 heteroatoms. The van der Waals surface area contributed by atoms with Gasteiger partial charge in [-0.15, -0.1) is 0 Å². The Hall–Kier alpha value is -0.260. The average Bonchev–Trinajstić information content (AvgIpc) is 1.71. The van der Waals surface area contributed by atoms with Crippen LogP contribution in [0.5, 0.6) is 0 Å². The van der Waals surface area contributed by atoms with Crippen molar-refractivity contribution in [1.29, 1.82) is 0 Å². The average molecular weight is 114 g/mol. The summed E-state index contributed by atoms with van der Waals surface area (Å²) in [5.74, 6) is 0. The summed E-state index contributed by atoms with van der Waals surface area (Å²) in [4.78, 5) is 0. The minimum Gasteiger partial charge on any atom is -0.0917 e. The van der Waals surface area contributed by atoms with Crippen molar-refractivity contribution in [3.8, 4) is 0 Å². The summed E-state index contributed by atoms with van der Waals surface area (Å²) >= 11 is 0. The first-order valence-corrected chi connectivity index (χ1v) is 3.44. The highest BCUT2D eigenvalue weighted by Gasteiger charge is 1.52. The summed E-state index contributed by atoms with van der Waals surface area (Å²) in [6.45, 7) is 8.41. The summed E-state index contributed by atoms with van der Waals surface area (Å²) in [6, 6.07) is 0. The van der Waals surface area contributed by atoms with E-state index in [1.807, 2.05) is 6.92 Å². The van der Waals surface area contributed by atoms with Crippen molar-refractivity contribution in [1.82, 2.24) is 0 Å². The number of hydrogen-bond donors (Lipinski definition) is 0. The maximum atomic E-state index is 2.12. The predicted molar refractivity (Wildman–Crippen MR) is 41.1 cm³/mol. The van der Waals surface area contributed by atoms with E-state index < -0.39 is 0 Å². The molecular weight excluding hydrogens is 96.1 g/mol. The van der Waals surface area contributed by atoms with Gasteiger partial charge in [-0.1, -0.05) is 39.3 Å². The van der Waals surface area contributed by atoms with Gasteiger partial charge in [-0.05, 0) is 13.3 Å². The van der Waals surface area contributed by atoms with Gasteiger partial charge in [0.1, 0.15) is 0 Å². The van der Waals surface area contributed by atoms with Crippen LogP contribution in [-0.2, 0) is 0 Å². The molecule has 8 heavy (non-hydrogen) atoms. The Morgan fingerprint density at radius 3 is 1.50 bits per heavy atom. The predicted octanol–water partition coefficient (Wildman–Crippen LogP) is 3.39. The second-order valence-corrected chi connectivity index (χ2v) is 1.68. The normalized spacial score (nSPS) is 8.50. The van der Waals surface area contributed by atoms with E-state index in [0.29, 0.717) is 0 Å². The molecule has 0 radical (unpaired) electrons. The maximum absolute atomic E-state index is 2.12. The zero-order chi connectivity index (χ0) is 6.83. The first-order valence-electron chi connectivity index (χ1n) is 3.44. The Bertz CT molecular complexity index is 35.3. The molecule has 0 rings (SSSR count). The van der Waals surface area contributed by atoms with Gasteiger partial charge >= 0.3 is 0 Å². The monoisotopic (exact) mass is 114 g/mol. The van der Waals surface area contributed by atoms with E-state index in [9.17, 15) is 0 Å². The molecule has 0 N–H and O–H groups in total. The van der Waals surface area contributed by atoms with E-state index in [1.54, 1.807) is 0 Å². The molecule has 0 saturated heterocycles. The van der Waals surface area contributed by atoms with Crippen molar-refractivity contribution in [2.24, 2.45) is 0 Å². The van der Waals surface area contributed by atoms with E-state index in [1.165, 1.54) is 6.42 Å². The van der Waals surface area contributed by atoms with E-state index >= 15 is 0 Å². The van der Waals surface area contributed by atoms with Crippen molar-refractivity contribution in [2.45, 2.75) is 40.5 Å². The molecule has 0 atom stereocenters. The van der Waals surface area contributed by atoms with E-state index in [4.69, 9.17) is 0 Å².